The van der Waals surface area contributed by atoms with E-state index in [9.17, 15) is 0 Å². The third kappa shape index (κ3) is 16.5. The number of nitrogens with zero attached hydrogens (tertiary/aromatic N) is 4. The van der Waals surface area contributed by atoms with Crippen molar-refractivity contribution in [2.24, 2.45) is 0 Å². The fourth-order valence-electron chi connectivity index (χ4n) is 5.57. The Labute approximate surface area is 256 Å². The van der Waals surface area contributed by atoms with Crippen molar-refractivity contribution in [1.29, 1.82) is 0 Å². The molecule has 0 aromatic carbocycles. The van der Waals surface area contributed by atoms with E-state index in [2.05, 4.69) is 101 Å². The first-order valence-corrected chi connectivity index (χ1v) is 17.5. The summed E-state index contributed by atoms with van der Waals surface area (Å²) >= 11 is 2.56. The van der Waals surface area contributed by atoms with Crippen LogP contribution in [0.15, 0.2) is 46.6 Å². The zero-order chi connectivity index (χ0) is 28.3. The highest BCUT2D eigenvalue weighted by Gasteiger charge is 2.14. The molecule has 0 spiro atoms. The summed E-state index contributed by atoms with van der Waals surface area (Å²) in [5.41, 5.74) is 6.41. The predicted octanol–water partition coefficient (Wildman–Crippen LogP) is 7.58. The SMILES string of the molecule is CCCCC/C=C(\CC/C=C(/C)CN1CCN(C)CC1)CC/C=C(/CI)CC/C=C(/C)CN1CCN(C)CC1. The Kier molecular flexibility index (Phi) is 18.9. The molecule has 5 heteroatoms. The molecule has 2 rings (SSSR count). The van der Waals surface area contributed by atoms with Crippen LogP contribution in [0.2, 0.25) is 0 Å². The minimum atomic E-state index is 1.15. The number of piperazine rings is 2. The molecule has 2 aliphatic rings. The standard InChI is InChI=1S/C34H61IN4/c1-6-7-8-9-15-33(16-10-13-31(2)29-38-24-20-36(4)21-25-38)17-12-19-34(28-35)18-11-14-32(3)30-39-26-22-37(5)23-27-39/h13-15,19H,6-12,16-18,20-30H2,1-5H3/b31-13-,32-14-,33-15+,34-19+. The summed E-state index contributed by atoms with van der Waals surface area (Å²) in [6, 6.07) is 0. The van der Waals surface area contributed by atoms with E-state index in [1.165, 1.54) is 117 Å². The molecule has 0 aliphatic carbocycles. The highest BCUT2D eigenvalue weighted by atomic mass is 127. The van der Waals surface area contributed by atoms with Gasteiger partial charge >= 0.3 is 0 Å². The van der Waals surface area contributed by atoms with Gasteiger partial charge in [0.1, 0.15) is 0 Å². The Balaban J connectivity index is 1.77. The van der Waals surface area contributed by atoms with E-state index in [0.717, 1.165) is 17.5 Å². The largest absolute Gasteiger partial charge is 0.304 e. The van der Waals surface area contributed by atoms with E-state index in [0.29, 0.717) is 0 Å². The first-order chi connectivity index (χ1) is 18.9. The molecule has 2 saturated heterocycles. The van der Waals surface area contributed by atoms with Gasteiger partial charge in [0.2, 0.25) is 0 Å². The van der Waals surface area contributed by atoms with Crippen LogP contribution in [-0.2, 0) is 0 Å². The van der Waals surface area contributed by atoms with Gasteiger partial charge in [-0.15, -0.1) is 0 Å². The van der Waals surface area contributed by atoms with Crippen LogP contribution in [0, 0.1) is 0 Å². The normalized spacial score (nSPS) is 20.3. The molecule has 0 radical (unpaired) electrons. The van der Waals surface area contributed by atoms with E-state index in [1.54, 1.807) is 22.3 Å². The van der Waals surface area contributed by atoms with Gasteiger partial charge in [-0.1, -0.05) is 89.0 Å². The Morgan fingerprint density at radius 3 is 1.49 bits per heavy atom. The minimum absolute atomic E-state index is 1.15. The van der Waals surface area contributed by atoms with E-state index in [-0.39, 0.29) is 0 Å². The molecule has 2 fully saturated rings. The van der Waals surface area contributed by atoms with Crippen LogP contribution in [0.3, 0.4) is 0 Å². The Hall–Kier alpha value is -0.470. The fraction of sp³-hybridized carbons (Fsp3) is 0.765. The van der Waals surface area contributed by atoms with Crippen LogP contribution in [0.25, 0.3) is 0 Å². The molecular formula is C34H61IN4. The summed E-state index contributed by atoms with van der Waals surface area (Å²) in [5, 5.41) is 0. The minimum Gasteiger partial charge on any atom is -0.304 e. The third-order valence-electron chi connectivity index (χ3n) is 8.37. The van der Waals surface area contributed by atoms with Gasteiger partial charge in [-0.2, -0.15) is 0 Å². The van der Waals surface area contributed by atoms with Gasteiger partial charge in [0.15, 0.2) is 0 Å². The maximum absolute atomic E-state index is 2.62. The van der Waals surface area contributed by atoms with Crippen LogP contribution in [0.4, 0.5) is 0 Å². The molecule has 0 amide bonds. The van der Waals surface area contributed by atoms with E-state index in [4.69, 9.17) is 0 Å². The van der Waals surface area contributed by atoms with Gasteiger partial charge in [-0.05, 0) is 79.3 Å². The number of hydrogen-bond donors (Lipinski definition) is 0. The average Bonchev–Trinajstić information content (AvgIpc) is 2.92. The van der Waals surface area contributed by atoms with Crippen molar-refractivity contribution >= 4 is 22.6 Å². The number of halogens is 1. The smallest absolute Gasteiger partial charge is 0.0205 e. The van der Waals surface area contributed by atoms with Gasteiger partial charge in [0, 0.05) is 69.9 Å². The number of unbranched alkanes of at least 4 members (excludes halogenated alkanes) is 3. The second-order valence-electron chi connectivity index (χ2n) is 12.2. The zero-order valence-electron chi connectivity index (χ0n) is 26.3. The number of alkyl halides is 1. The molecule has 224 valence electrons. The summed E-state index contributed by atoms with van der Waals surface area (Å²) in [4.78, 5) is 10.1. The number of likely N-dealkylation sites (N-methyl/N-ethyl adjacent to an activating group) is 2. The summed E-state index contributed by atoms with van der Waals surface area (Å²) in [5.74, 6) is 0. The lowest BCUT2D eigenvalue weighted by Gasteiger charge is -2.32. The lowest BCUT2D eigenvalue weighted by atomic mass is 10.00. The first kappa shape index (κ1) is 34.7. The summed E-state index contributed by atoms with van der Waals surface area (Å²) < 4.78 is 1.16. The van der Waals surface area contributed by atoms with Gasteiger partial charge in [-0.25, -0.2) is 0 Å². The van der Waals surface area contributed by atoms with Crippen LogP contribution in [-0.4, -0.2) is 104 Å². The third-order valence-corrected chi connectivity index (χ3v) is 9.34. The molecule has 0 saturated carbocycles. The molecule has 4 nitrogen and oxygen atoms in total. The van der Waals surface area contributed by atoms with E-state index >= 15 is 0 Å². The first-order valence-electron chi connectivity index (χ1n) is 15.9. The number of rotatable bonds is 18. The van der Waals surface area contributed by atoms with Crippen molar-refractivity contribution in [3.05, 3.63) is 46.6 Å². The molecule has 39 heavy (non-hydrogen) atoms. The van der Waals surface area contributed by atoms with E-state index in [1.807, 2.05) is 0 Å². The predicted molar refractivity (Wildman–Crippen MR) is 182 cm³/mol. The summed E-state index contributed by atoms with van der Waals surface area (Å²) in [7, 11) is 4.47. The summed E-state index contributed by atoms with van der Waals surface area (Å²) in [6.45, 7) is 18.9. The molecule has 0 aromatic heterocycles. The highest BCUT2D eigenvalue weighted by molar-refractivity contribution is 14.1. The molecule has 0 atom stereocenters. The molecule has 0 unspecified atom stereocenters. The Morgan fingerprint density at radius 2 is 1.03 bits per heavy atom. The van der Waals surface area contributed by atoms with Crippen molar-refractivity contribution in [3.8, 4) is 0 Å². The number of hydrogen-bond acceptors (Lipinski definition) is 4. The molecule has 0 N–H and O–H groups in total. The second-order valence-corrected chi connectivity index (χ2v) is 13.0. The quantitative estimate of drug-likeness (QED) is 0.0655. The highest BCUT2D eigenvalue weighted by Crippen LogP contribution is 2.19. The second kappa shape index (κ2) is 21.3. The van der Waals surface area contributed by atoms with Crippen molar-refractivity contribution in [2.75, 3.05) is 84.0 Å². The van der Waals surface area contributed by atoms with Crippen LogP contribution >= 0.6 is 22.6 Å². The van der Waals surface area contributed by atoms with Crippen LogP contribution in [0.1, 0.15) is 85.0 Å². The van der Waals surface area contributed by atoms with Crippen molar-refractivity contribution in [2.45, 2.75) is 85.0 Å². The maximum atomic E-state index is 2.62. The van der Waals surface area contributed by atoms with Gasteiger partial charge < -0.3 is 9.80 Å². The average molecular weight is 653 g/mol. The lowest BCUT2D eigenvalue weighted by Crippen LogP contribution is -2.44. The maximum Gasteiger partial charge on any atom is 0.0205 e. The number of allylic oxidation sites excluding steroid dienone is 6. The van der Waals surface area contributed by atoms with Crippen LogP contribution < -0.4 is 0 Å². The molecule has 2 heterocycles. The molecular weight excluding hydrogens is 591 g/mol. The van der Waals surface area contributed by atoms with Gasteiger partial charge in [-0.3, -0.25) is 9.80 Å². The fourth-order valence-corrected chi connectivity index (χ4v) is 6.26. The topological polar surface area (TPSA) is 13.0 Å². The summed E-state index contributed by atoms with van der Waals surface area (Å²) in [6.07, 6.45) is 22.7. The van der Waals surface area contributed by atoms with E-state index < -0.39 is 0 Å². The van der Waals surface area contributed by atoms with Crippen molar-refractivity contribution in [1.82, 2.24) is 19.6 Å². The molecule has 0 aromatic rings. The molecule has 2 aliphatic heterocycles. The molecule has 0 bridgehead atoms. The van der Waals surface area contributed by atoms with Gasteiger partial charge in [0.25, 0.3) is 0 Å². The van der Waals surface area contributed by atoms with Crippen molar-refractivity contribution < 1.29 is 0 Å². The van der Waals surface area contributed by atoms with Crippen molar-refractivity contribution in [3.63, 3.8) is 0 Å². The lowest BCUT2D eigenvalue weighted by molar-refractivity contribution is 0.164. The van der Waals surface area contributed by atoms with Gasteiger partial charge in [0.05, 0.1) is 0 Å². The zero-order valence-corrected chi connectivity index (χ0v) is 28.5. The van der Waals surface area contributed by atoms with Crippen LogP contribution in [0.5, 0.6) is 0 Å². The Morgan fingerprint density at radius 1 is 0.590 bits per heavy atom. The monoisotopic (exact) mass is 652 g/mol. The Bertz CT molecular complexity index is 768.